The van der Waals surface area contributed by atoms with E-state index in [1.54, 1.807) is 6.20 Å². The lowest BCUT2D eigenvalue weighted by Crippen LogP contribution is -2.09. The Morgan fingerprint density at radius 2 is 1.13 bits per heavy atom. The third-order valence-electron chi connectivity index (χ3n) is 7.23. The van der Waals surface area contributed by atoms with E-state index in [1.165, 1.54) is 11.1 Å². The largest absolute Gasteiger partial charge is 0.348 e. The van der Waals surface area contributed by atoms with Gasteiger partial charge in [0.05, 0.1) is 11.4 Å². The van der Waals surface area contributed by atoms with E-state index in [1.807, 2.05) is 75.3 Å². The Balaban J connectivity index is 0.000000337. The predicted octanol–water partition coefficient (Wildman–Crippen LogP) is 9.58. The zero-order valence-corrected chi connectivity index (χ0v) is 30.6. The molecule has 3 aromatic heterocycles. The number of aromatic nitrogens is 4. The second-order valence-corrected chi connectivity index (χ2v) is 14.4. The molecule has 0 N–H and O–H groups in total. The van der Waals surface area contributed by atoms with Crippen molar-refractivity contribution in [1.29, 1.82) is 0 Å². The molecular formula is C38H60N4O3. The second-order valence-electron chi connectivity index (χ2n) is 14.4. The first-order valence-corrected chi connectivity index (χ1v) is 16.6. The molecular weight excluding hydrogens is 560 g/mol. The Morgan fingerprint density at radius 3 is 1.53 bits per heavy atom. The molecule has 7 heteroatoms. The van der Waals surface area contributed by atoms with Crippen LogP contribution < -0.4 is 0 Å². The molecule has 0 spiro atoms. The van der Waals surface area contributed by atoms with Crippen LogP contribution in [0.15, 0.2) is 36.8 Å². The number of imidazole rings is 1. The van der Waals surface area contributed by atoms with Gasteiger partial charge in [-0.15, -0.1) is 0 Å². The van der Waals surface area contributed by atoms with E-state index in [-0.39, 0.29) is 17.3 Å². The van der Waals surface area contributed by atoms with Crippen LogP contribution in [0.1, 0.15) is 169 Å². The Hall–Kier alpha value is -3.35. The van der Waals surface area contributed by atoms with Crippen LogP contribution in [0.25, 0.3) is 0 Å². The van der Waals surface area contributed by atoms with Gasteiger partial charge in [-0.3, -0.25) is 19.4 Å². The molecule has 3 rings (SSSR count). The monoisotopic (exact) mass is 620 g/mol. The summed E-state index contributed by atoms with van der Waals surface area (Å²) in [6.07, 6.45) is 7.58. The maximum atomic E-state index is 11.9. The first-order chi connectivity index (χ1) is 20.8. The molecule has 0 aliphatic rings. The van der Waals surface area contributed by atoms with Gasteiger partial charge in [0, 0.05) is 51.9 Å². The summed E-state index contributed by atoms with van der Waals surface area (Å²) in [5, 5.41) is 0. The van der Waals surface area contributed by atoms with Crippen molar-refractivity contribution in [2.24, 2.45) is 31.8 Å². The Bertz CT molecular complexity index is 1290. The average Bonchev–Trinajstić information content (AvgIpc) is 3.51. The zero-order chi connectivity index (χ0) is 34.6. The van der Waals surface area contributed by atoms with Gasteiger partial charge in [-0.25, -0.2) is 4.98 Å². The quantitative estimate of drug-likeness (QED) is 0.188. The molecule has 250 valence electrons. The van der Waals surface area contributed by atoms with Gasteiger partial charge in [-0.1, -0.05) is 89.2 Å². The Morgan fingerprint density at radius 1 is 0.622 bits per heavy atom. The third kappa shape index (κ3) is 13.7. The van der Waals surface area contributed by atoms with E-state index in [9.17, 15) is 14.4 Å². The van der Waals surface area contributed by atoms with Crippen molar-refractivity contribution < 1.29 is 14.4 Å². The van der Waals surface area contributed by atoms with Crippen molar-refractivity contribution in [3.63, 3.8) is 0 Å². The highest BCUT2D eigenvalue weighted by atomic mass is 16.1. The molecule has 45 heavy (non-hydrogen) atoms. The fraction of sp³-hybridized carbons (Fsp3) is 0.605. The summed E-state index contributed by atoms with van der Waals surface area (Å²) in [4.78, 5) is 44.0. The normalized spacial score (nSPS) is 11.3. The molecule has 7 nitrogen and oxygen atoms in total. The van der Waals surface area contributed by atoms with Crippen LogP contribution in [-0.4, -0.2) is 36.5 Å². The molecule has 0 fully saturated rings. The SMILES string of the molecule is CC(C)CC(=O)c1cc(C(C)C)cn1C.CC(C)CC(=O)c1ccc(C(C)C)cn1.CC(C)CC(=O)c1nc(C(C)C)cn1C. The minimum Gasteiger partial charge on any atom is -0.348 e. The van der Waals surface area contributed by atoms with Gasteiger partial charge < -0.3 is 9.13 Å². The minimum atomic E-state index is 0.138. The van der Waals surface area contributed by atoms with Crippen molar-refractivity contribution >= 4 is 17.3 Å². The van der Waals surface area contributed by atoms with Gasteiger partial charge in [0.15, 0.2) is 23.2 Å². The molecule has 0 radical (unpaired) electrons. The topological polar surface area (TPSA) is 86.8 Å². The smallest absolute Gasteiger partial charge is 0.198 e. The fourth-order valence-corrected chi connectivity index (χ4v) is 4.53. The van der Waals surface area contributed by atoms with E-state index in [4.69, 9.17) is 0 Å². The van der Waals surface area contributed by atoms with Crippen molar-refractivity contribution in [3.05, 3.63) is 70.8 Å². The summed E-state index contributed by atoms with van der Waals surface area (Å²) in [5.74, 6) is 3.64. The van der Waals surface area contributed by atoms with Crippen LogP contribution in [0.3, 0.4) is 0 Å². The van der Waals surface area contributed by atoms with Crippen molar-refractivity contribution in [2.75, 3.05) is 0 Å². The first-order valence-electron chi connectivity index (χ1n) is 16.6. The van der Waals surface area contributed by atoms with Gasteiger partial charge in [0.2, 0.25) is 0 Å². The maximum absolute atomic E-state index is 11.9. The number of carbonyl (C=O) groups is 3. The Labute approximate surface area is 273 Å². The number of hydrogen-bond donors (Lipinski definition) is 0. The van der Waals surface area contributed by atoms with Crippen LogP contribution >= 0.6 is 0 Å². The molecule has 0 aliphatic carbocycles. The highest BCUT2D eigenvalue weighted by Gasteiger charge is 2.17. The standard InChI is InChI=1S/C13H21NO.C13H19NO.C12H20N2O/c1-9(2)6-13(15)12-7-11(10(3)4)8-14(12)5;1-9(2)7-13(15)12-6-5-11(8-14-12)10(3)4;1-8(2)6-11(15)12-13-10(9(3)4)7-14(12)5/h7-10H,6H2,1-5H3;5-6,8-10H,7H2,1-4H3;7-9H,6H2,1-5H3. The first kappa shape index (κ1) is 39.7. The second kappa shape index (κ2) is 18.6. The molecule has 0 aliphatic heterocycles. The van der Waals surface area contributed by atoms with Crippen molar-refractivity contribution in [3.8, 4) is 0 Å². The summed E-state index contributed by atoms with van der Waals surface area (Å²) < 4.78 is 3.78. The van der Waals surface area contributed by atoms with Gasteiger partial charge in [-0.05, 0) is 58.8 Å². The number of aryl methyl sites for hydroxylation is 2. The number of hydrogen-bond acceptors (Lipinski definition) is 5. The zero-order valence-electron chi connectivity index (χ0n) is 30.6. The molecule has 0 atom stereocenters. The number of rotatable bonds is 12. The molecule has 0 unspecified atom stereocenters. The van der Waals surface area contributed by atoms with Gasteiger partial charge in [0.1, 0.15) is 5.69 Å². The summed E-state index contributed by atoms with van der Waals surface area (Å²) in [6, 6.07) is 5.85. The lowest BCUT2D eigenvalue weighted by atomic mass is 10.0. The third-order valence-corrected chi connectivity index (χ3v) is 7.23. The maximum Gasteiger partial charge on any atom is 0.198 e. The summed E-state index contributed by atoms with van der Waals surface area (Å²) in [5.41, 5.74) is 4.84. The van der Waals surface area contributed by atoms with E-state index in [0.29, 0.717) is 66.3 Å². The van der Waals surface area contributed by atoms with Crippen LogP contribution in [-0.2, 0) is 14.1 Å². The van der Waals surface area contributed by atoms with Gasteiger partial charge >= 0.3 is 0 Å². The average molecular weight is 621 g/mol. The van der Waals surface area contributed by atoms with E-state index in [2.05, 4.69) is 71.6 Å². The number of ketones is 3. The summed E-state index contributed by atoms with van der Waals surface area (Å²) in [7, 11) is 3.83. The summed E-state index contributed by atoms with van der Waals surface area (Å²) in [6.45, 7) is 25.0. The molecule has 3 heterocycles. The van der Waals surface area contributed by atoms with Crippen LogP contribution in [0, 0.1) is 17.8 Å². The number of Topliss-reactive ketones (excluding diaryl/α,β-unsaturated/α-hetero) is 3. The van der Waals surface area contributed by atoms with Gasteiger partial charge in [-0.2, -0.15) is 0 Å². The number of nitrogens with zero attached hydrogens (tertiary/aromatic N) is 4. The molecule has 0 aromatic carbocycles. The fourth-order valence-electron chi connectivity index (χ4n) is 4.53. The van der Waals surface area contributed by atoms with Crippen LogP contribution in [0.5, 0.6) is 0 Å². The lowest BCUT2D eigenvalue weighted by Gasteiger charge is -2.06. The highest BCUT2D eigenvalue weighted by Crippen LogP contribution is 2.20. The number of carbonyl (C=O) groups excluding carboxylic acids is 3. The van der Waals surface area contributed by atoms with E-state index >= 15 is 0 Å². The number of pyridine rings is 1. The molecule has 0 bridgehead atoms. The Kier molecular flexibility index (Phi) is 16.4. The van der Waals surface area contributed by atoms with E-state index in [0.717, 1.165) is 11.4 Å². The van der Waals surface area contributed by atoms with Crippen molar-refractivity contribution in [2.45, 2.75) is 120 Å². The van der Waals surface area contributed by atoms with Gasteiger partial charge in [0.25, 0.3) is 0 Å². The molecule has 0 saturated heterocycles. The van der Waals surface area contributed by atoms with Crippen LogP contribution in [0.4, 0.5) is 0 Å². The lowest BCUT2D eigenvalue weighted by molar-refractivity contribution is 0.0948. The molecule has 0 amide bonds. The van der Waals surface area contributed by atoms with Crippen LogP contribution in [0.2, 0.25) is 0 Å². The highest BCUT2D eigenvalue weighted by molar-refractivity contribution is 5.95. The predicted molar refractivity (Wildman–Crippen MR) is 186 cm³/mol. The van der Waals surface area contributed by atoms with Crippen molar-refractivity contribution in [1.82, 2.24) is 19.1 Å². The summed E-state index contributed by atoms with van der Waals surface area (Å²) >= 11 is 0. The van der Waals surface area contributed by atoms with E-state index < -0.39 is 0 Å². The molecule has 3 aromatic rings. The minimum absolute atomic E-state index is 0.138. The molecule has 0 saturated carbocycles.